The summed E-state index contributed by atoms with van der Waals surface area (Å²) in [5.41, 5.74) is 0. The van der Waals surface area contributed by atoms with Crippen LogP contribution in [0, 0.1) is 17.8 Å². The van der Waals surface area contributed by atoms with E-state index in [1.807, 2.05) is 0 Å². The van der Waals surface area contributed by atoms with Crippen LogP contribution < -0.4 is 5.32 Å². The third kappa shape index (κ3) is 4.19. The molecule has 0 bridgehead atoms. The summed E-state index contributed by atoms with van der Waals surface area (Å²) in [5.74, 6) is 2.60. The maximum atomic E-state index is 3.89. The molecule has 0 aromatic heterocycles. The zero-order valence-electron chi connectivity index (χ0n) is 13.5. The van der Waals surface area contributed by atoms with Gasteiger partial charge in [0.15, 0.2) is 0 Å². The molecule has 0 aromatic rings. The summed E-state index contributed by atoms with van der Waals surface area (Å²) in [7, 11) is 0. The lowest BCUT2D eigenvalue weighted by Crippen LogP contribution is -2.48. The second kappa shape index (κ2) is 7.08. The molecular weight excluding hydrogens is 232 g/mol. The lowest BCUT2D eigenvalue weighted by Gasteiger charge is -2.36. The number of likely N-dealkylation sites (tertiary alicyclic amines) is 1. The molecule has 0 amide bonds. The number of nitrogens with zero attached hydrogens (tertiary/aromatic N) is 1. The maximum Gasteiger partial charge on any atom is 0.0243 e. The van der Waals surface area contributed by atoms with Crippen LogP contribution >= 0.6 is 0 Å². The van der Waals surface area contributed by atoms with Gasteiger partial charge in [0, 0.05) is 18.6 Å². The van der Waals surface area contributed by atoms with Crippen LogP contribution in [0.25, 0.3) is 0 Å². The number of nitrogens with one attached hydrogen (secondary N) is 1. The summed E-state index contributed by atoms with van der Waals surface area (Å²) >= 11 is 0. The number of hydrogen-bond acceptors (Lipinski definition) is 2. The molecule has 0 spiro atoms. The minimum Gasteiger partial charge on any atom is -0.312 e. The summed E-state index contributed by atoms with van der Waals surface area (Å²) in [6.45, 7) is 13.5. The molecule has 0 aromatic carbocycles. The monoisotopic (exact) mass is 266 g/mol. The van der Waals surface area contributed by atoms with E-state index in [1.165, 1.54) is 51.7 Å². The van der Waals surface area contributed by atoms with Crippen LogP contribution in [0.3, 0.4) is 0 Å². The summed E-state index contributed by atoms with van der Waals surface area (Å²) in [5, 5.41) is 3.89. The quantitative estimate of drug-likeness (QED) is 0.819. The molecule has 2 fully saturated rings. The SMILES string of the molecule is CC(C)C(CNC1CCC(C)C(C)C1)N1CCCC1. The summed E-state index contributed by atoms with van der Waals surface area (Å²) in [4.78, 5) is 2.71. The zero-order valence-corrected chi connectivity index (χ0v) is 13.5. The molecule has 1 aliphatic heterocycles. The Morgan fingerprint density at radius 2 is 1.74 bits per heavy atom. The Kier molecular flexibility index (Phi) is 5.70. The predicted molar refractivity (Wildman–Crippen MR) is 83.4 cm³/mol. The van der Waals surface area contributed by atoms with Gasteiger partial charge in [-0.1, -0.05) is 27.7 Å². The molecule has 2 nitrogen and oxygen atoms in total. The standard InChI is InChI=1S/C17H34N2/c1-13(2)17(19-9-5-6-10-19)12-18-16-8-7-14(3)15(4)11-16/h13-18H,5-12H2,1-4H3. The average Bonchev–Trinajstić information content (AvgIpc) is 2.87. The molecular formula is C17H34N2. The highest BCUT2D eigenvalue weighted by atomic mass is 15.2. The van der Waals surface area contributed by atoms with Crippen molar-refractivity contribution in [3.63, 3.8) is 0 Å². The molecule has 4 unspecified atom stereocenters. The van der Waals surface area contributed by atoms with E-state index >= 15 is 0 Å². The van der Waals surface area contributed by atoms with Crippen molar-refractivity contribution in [2.24, 2.45) is 17.8 Å². The van der Waals surface area contributed by atoms with Gasteiger partial charge in [0.05, 0.1) is 0 Å². The predicted octanol–water partition coefficient (Wildman–Crippen LogP) is 3.52. The minimum atomic E-state index is 0.747. The first-order valence-electron chi connectivity index (χ1n) is 8.55. The Morgan fingerprint density at radius 1 is 1.05 bits per heavy atom. The maximum absolute atomic E-state index is 3.89. The first-order valence-corrected chi connectivity index (χ1v) is 8.55. The summed E-state index contributed by atoms with van der Waals surface area (Å²) in [6, 6.07) is 1.52. The smallest absolute Gasteiger partial charge is 0.0243 e. The molecule has 2 rings (SSSR count). The van der Waals surface area contributed by atoms with Gasteiger partial charge >= 0.3 is 0 Å². The van der Waals surface area contributed by atoms with Crippen molar-refractivity contribution in [2.45, 2.75) is 71.9 Å². The minimum absolute atomic E-state index is 0.747. The topological polar surface area (TPSA) is 15.3 Å². The van der Waals surface area contributed by atoms with Crippen molar-refractivity contribution >= 4 is 0 Å². The fourth-order valence-corrected chi connectivity index (χ4v) is 3.88. The van der Waals surface area contributed by atoms with Gasteiger partial charge in [0.25, 0.3) is 0 Å². The van der Waals surface area contributed by atoms with E-state index in [4.69, 9.17) is 0 Å². The lowest BCUT2D eigenvalue weighted by atomic mass is 9.79. The third-order valence-electron chi connectivity index (χ3n) is 5.59. The molecule has 1 saturated heterocycles. The molecule has 1 saturated carbocycles. The summed E-state index contributed by atoms with van der Waals surface area (Å²) in [6.07, 6.45) is 6.99. The molecule has 2 heteroatoms. The van der Waals surface area contributed by atoms with E-state index in [0.29, 0.717) is 0 Å². The molecule has 4 atom stereocenters. The van der Waals surface area contributed by atoms with Gasteiger partial charge in [-0.3, -0.25) is 4.90 Å². The molecule has 0 radical (unpaired) electrons. The Hall–Kier alpha value is -0.0800. The van der Waals surface area contributed by atoms with Crippen molar-refractivity contribution in [1.29, 1.82) is 0 Å². The van der Waals surface area contributed by atoms with Crippen molar-refractivity contribution < 1.29 is 0 Å². The van der Waals surface area contributed by atoms with E-state index in [1.54, 1.807) is 0 Å². The lowest BCUT2D eigenvalue weighted by molar-refractivity contribution is 0.165. The molecule has 19 heavy (non-hydrogen) atoms. The Morgan fingerprint density at radius 3 is 2.32 bits per heavy atom. The fourth-order valence-electron chi connectivity index (χ4n) is 3.88. The third-order valence-corrected chi connectivity index (χ3v) is 5.59. The normalized spacial score (nSPS) is 34.9. The van der Waals surface area contributed by atoms with E-state index < -0.39 is 0 Å². The number of rotatable bonds is 5. The van der Waals surface area contributed by atoms with Crippen LogP contribution in [-0.4, -0.2) is 36.6 Å². The largest absolute Gasteiger partial charge is 0.312 e. The van der Waals surface area contributed by atoms with Crippen molar-refractivity contribution in [1.82, 2.24) is 10.2 Å². The van der Waals surface area contributed by atoms with E-state index in [2.05, 4.69) is 37.9 Å². The van der Waals surface area contributed by atoms with Gasteiger partial charge in [-0.15, -0.1) is 0 Å². The fraction of sp³-hybridized carbons (Fsp3) is 1.00. The van der Waals surface area contributed by atoms with Gasteiger partial charge in [0.1, 0.15) is 0 Å². The molecule has 112 valence electrons. The molecule has 2 aliphatic rings. The first kappa shape index (κ1) is 15.3. The van der Waals surface area contributed by atoms with E-state index in [9.17, 15) is 0 Å². The van der Waals surface area contributed by atoms with Crippen LogP contribution in [0.2, 0.25) is 0 Å². The Balaban J connectivity index is 1.78. The average molecular weight is 266 g/mol. The van der Waals surface area contributed by atoms with Gasteiger partial charge in [0.2, 0.25) is 0 Å². The van der Waals surface area contributed by atoms with Crippen molar-refractivity contribution in [3.05, 3.63) is 0 Å². The Labute approximate surface area is 120 Å². The van der Waals surface area contributed by atoms with Gasteiger partial charge in [-0.2, -0.15) is 0 Å². The van der Waals surface area contributed by atoms with Crippen LogP contribution in [0.4, 0.5) is 0 Å². The van der Waals surface area contributed by atoms with Crippen LogP contribution in [0.15, 0.2) is 0 Å². The van der Waals surface area contributed by atoms with Crippen molar-refractivity contribution in [3.8, 4) is 0 Å². The summed E-state index contributed by atoms with van der Waals surface area (Å²) < 4.78 is 0. The van der Waals surface area contributed by atoms with Crippen LogP contribution in [-0.2, 0) is 0 Å². The first-order chi connectivity index (χ1) is 9.08. The van der Waals surface area contributed by atoms with Gasteiger partial charge in [-0.05, 0) is 62.9 Å². The van der Waals surface area contributed by atoms with Crippen molar-refractivity contribution in [2.75, 3.05) is 19.6 Å². The zero-order chi connectivity index (χ0) is 13.8. The van der Waals surface area contributed by atoms with Gasteiger partial charge in [-0.25, -0.2) is 0 Å². The highest BCUT2D eigenvalue weighted by Gasteiger charge is 2.28. The van der Waals surface area contributed by atoms with E-state index in [0.717, 1.165) is 29.8 Å². The molecule has 1 N–H and O–H groups in total. The number of hydrogen-bond donors (Lipinski definition) is 1. The highest BCUT2D eigenvalue weighted by molar-refractivity contribution is 4.85. The van der Waals surface area contributed by atoms with Crippen LogP contribution in [0.1, 0.15) is 59.8 Å². The van der Waals surface area contributed by atoms with Gasteiger partial charge < -0.3 is 5.32 Å². The van der Waals surface area contributed by atoms with E-state index in [-0.39, 0.29) is 0 Å². The second-order valence-electron chi connectivity index (χ2n) is 7.43. The van der Waals surface area contributed by atoms with Crippen LogP contribution in [0.5, 0.6) is 0 Å². The Bertz CT molecular complexity index is 258. The molecule has 1 aliphatic carbocycles. The molecule has 1 heterocycles. The highest BCUT2D eigenvalue weighted by Crippen LogP contribution is 2.29. The second-order valence-corrected chi connectivity index (χ2v) is 7.43.